The number of carbonyl (C=O) groups is 1. The molecule has 0 bridgehead atoms. The molecule has 114 valence electrons. The summed E-state index contributed by atoms with van der Waals surface area (Å²) in [4.78, 5) is 16.0. The molecule has 1 saturated heterocycles. The Morgan fingerprint density at radius 2 is 1.86 bits per heavy atom. The average Bonchev–Trinajstić information content (AvgIpc) is 2.98. The molecule has 1 aliphatic carbocycles. The van der Waals surface area contributed by atoms with E-state index < -0.39 is 5.97 Å². The number of para-hydroxylation sites is 1. The quantitative estimate of drug-likeness (QED) is 0.932. The van der Waals surface area contributed by atoms with Gasteiger partial charge in [-0.25, -0.2) is 0 Å². The SMILES string of the molecule is O=C(O)C1CCCC1N1CCN(c2ccccc2Cl)CC1. The maximum Gasteiger partial charge on any atom is 0.308 e. The Hall–Kier alpha value is -1.26. The second kappa shape index (κ2) is 6.24. The van der Waals surface area contributed by atoms with Gasteiger partial charge in [-0.3, -0.25) is 9.69 Å². The van der Waals surface area contributed by atoms with Crippen LogP contribution in [0.5, 0.6) is 0 Å². The lowest BCUT2D eigenvalue weighted by molar-refractivity contribution is -0.143. The molecule has 0 aromatic heterocycles. The van der Waals surface area contributed by atoms with E-state index in [1.807, 2.05) is 24.3 Å². The Morgan fingerprint density at radius 3 is 2.52 bits per heavy atom. The summed E-state index contributed by atoms with van der Waals surface area (Å²) in [5.74, 6) is -0.817. The molecule has 1 aliphatic heterocycles. The summed E-state index contributed by atoms with van der Waals surface area (Å²) in [6.07, 6.45) is 2.88. The Balaban J connectivity index is 1.63. The molecule has 5 heteroatoms. The second-order valence-electron chi connectivity index (χ2n) is 5.92. The topological polar surface area (TPSA) is 43.8 Å². The van der Waals surface area contributed by atoms with Gasteiger partial charge in [0.1, 0.15) is 0 Å². The fourth-order valence-corrected chi connectivity index (χ4v) is 3.92. The number of carboxylic acids is 1. The number of benzene rings is 1. The van der Waals surface area contributed by atoms with Crippen LogP contribution in [-0.4, -0.2) is 48.2 Å². The maximum absolute atomic E-state index is 11.3. The lowest BCUT2D eigenvalue weighted by Gasteiger charge is -2.40. The van der Waals surface area contributed by atoms with Gasteiger partial charge in [0.15, 0.2) is 0 Å². The second-order valence-corrected chi connectivity index (χ2v) is 6.32. The van der Waals surface area contributed by atoms with Crippen molar-refractivity contribution in [2.45, 2.75) is 25.3 Å². The molecule has 1 heterocycles. The van der Waals surface area contributed by atoms with Gasteiger partial charge < -0.3 is 10.0 Å². The van der Waals surface area contributed by atoms with Gasteiger partial charge in [-0.1, -0.05) is 30.2 Å². The van der Waals surface area contributed by atoms with E-state index in [2.05, 4.69) is 9.80 Å². The molecular formula is C16H21ClN2O2. The summed E-state index contributed by atoms with van der Waals surface area (Å²) in [5, 5.41) is 10.1. The van der Waals surface area contributed by atoms with Crippen LogP contribution in [0.2, 0.25) is 5.02 Å². The third kappa shape index (κ3) is 3.01. The summed E-state index contributed by atoms with van der Waals surface area (Å²) in [7, 11) is 0. The Kier molecular flexibility index (Phi) is 4.36. The van der Waals surface area contributed by atoms with E-state index in [-0.39, 0.29) is 12.0 Å². The molecule has 4 nitrogen and oxygen atoms in total. The molecule has 0 radical (unpaired) electrons. The van der Waals surface area contributed by atoms with Crippen LogP contribution in [0.1, 0.15) is 19.3 Å². The highest BCUT2D eigenvalue weighted by Crippen LogP contribution is 2.32. The van der Waals surface area contributed by atoms with E-state index >= 15 is 0 Å². The van der Waals surface area contributed by atoms with Crippen molar-refractivity contribution in [3.63, 3.8) is 0 Å². The lowest BCUT2D eigenvalue weighted by atomic mass is 10.0. The summed E-state index contributed by atoms with van der Waals surface area (Å²) in [6.45, 7) is 3.65. The van der Waals surface area contributed by atoms with Gasteiger partial charge in [0.05, 0.1) is 16.6 Å². The first-order valence-electron chi connectivity index (χ1n) is 7.63. The standard InChI is InChI=1S/C16H21ClN2O2/c17-13-5-1-2-6-15(13)19-10-8-18(9-11-19)14-7-3-4-12(14)16(20)21/h1-2,5-6,12,14H,3-4,7-11H2,(H,20,21). The number of aliphatic carboxylic acids is 1. The van der Waals surface area contributed by atoms with E-state index in [9.17, 15) is 9.90 Å². The Morgan fingerprint density at radius 1 is 1.14 bits per heavy atom. The van der Waals surface area contributed by atoms with Crippen molar-refractivity contribution in [1.29, 1.82) is 0 Å². The molecule has 2 fully saturated rings. The summed E-state index contributed by atoms with van der Waals surface area (Å²) in [6, 6.07) is 8.13. The van der Waals surface area contributed by atoms with Crippen LogP contribution in [0.3, 0.4) is 0 Å². The van der Waals surface area contributed by atoms with Gasteiger partial charge in [0, 0.05) is 32.2 Å². The van der Waals surface area contributed by atoms with E-state index in [0.29, 0.717) is 0 Å². The van der Waals surface area contributed by atoms with Crippen LogP contribution in [0.25, 0.3) is 0 Å². The molecule has 3 rings (SSSR count). The van der Waals surface area contributed by atoms with Crippen LogP contribution in [0.4, 0.5) is 5.69 Å². The molecule has 1 N–H and O–H groups in total. The lowest BCUT2D eigenvalue weighted by Crippen LogP contribution is -2.52. The van der Waals surface area contributed by atoms with Crippen molar-refractivity contribution in [2.75, 3.05) is 31.1 Å². The summed E-state index contributed by atoms with van der Waals surface area (Å²) < 4.78 is 0. The van der Waals surface area contributed by atoms with Crippen molar-refractivity contribution in [3.8, 4) is 0 Å². The van der Waals surface area contributed by atoms with Crippen LogP contribution < -0.4 is 4.90 Å². The molecule has 1 aromatic carbocycles. The average molecular weight is 309 g/mol. The first kappa shape index (κ1) is 14.7. The van der Waals surface area contributed by atoms with Crippen LogP contribution >= 0.6 is 11.6 Å². The maximum atomic E-state index is 11.3. The van der Waals surface area contributed by atoms with Gasteiger partial charge in [0.2, 0.25) is 0 Å². The number of hydrogen-bond donors (Lipinski definition) is 1. The minimum atomic E-state index is -0.633. The zero-order valence-electron chi connectivity index (χ0n) is 12.0. The van der Waals surface area contributed by atoms with E-state index in [0.717, 1.165) is 56.2 Å². The predicted molar refractivity (Wildman–Crippen MR) is 84.0 cm³/mol. The molecule has 2 atom stereocenters. The van der Waals surface area contributed by atoms with Gasteiger partial charge in [-0.05, 0) is 25.0 Å². The minimum Gasteiger partial charge on any atom is -0.481 e. The van der Waals surface area contributed by atoms with Gasteiger partial charge in [-0.15, -0.1) is 0 Å². The van der Waals surface area contributed by atoms with Crippen LogP contribution in [-0.2, 0) is 4.79 Å². The molecule has 21 heavy (non-hydrogen) atoms. The number of hydrogen-bond acceptors (Lipinski definition) is 3. The minimum absolute atomic E-state index is 0.183. The number of halogens is 1. The highest BCUT2D eigenvalue weighted by atomic mass is 35.5. The zero-order valence-corrected chi connectivity index (χ0v) is 12.8. The van der Waals surface area contributed by atoms with Crippen molar-refractivity contribution in [1.82, 2.24) is 4.90 Å². The molecular weight excluding hydrogens is 288 g/mol. The number of piperazine rings is 1. The van der Waals surface area contributed by atoms with Gasteiger partial charge >= 0.3 is 5.97 Å². The third-order valence-electron chi connectivity index (χ3n) is 4.77. The first-order valence-corrected chi connectivity index (χ1v) is 8.01. The molecule has 1 saturated carbocycles. The Bertz CT molecular complexity index is 515. The largest absolute Gasteiger partial charge is 0.481 e. The van der Waals surface area contributed by atoms with E-state index in [1.165, 1.54) is 0 Å². The van der Waals surface area contributed by atoms with E-state index in [4.69, 9.17) is 11.6 Å². The number of rotatable bonds is 3. The molecule has 0 spiro atoms. The smallest absolute Gasteiger partial charge is 0.308 e. The first-order chi connectivity index (χ1) is 10.2. The highest BCUT2D eigenvalue weighted by Gasteiger charge is 2.37. The van der Waals surface area contributed by atoms with Crippen LogP contribution in [0, 0.1) is 5.92 Å². The molecule has 1 aromatic rings. The number of carboxylic acid groups (broad SMARTS) is 1. The van der Waals surface area contributed by atoms with Crippen molar-refractivity contribution in [3.05, 3.63) is 29.3 Å². The Labute approximate surface area is 130 Å². The molecule has 2 unspecified atom stereocenters. The summed E-state index contributed by atoms with van der Waals surface area (Å²) >= 11 is 6.25. The number of nitrogens with zero attached hydrogens (tertiary/aromatic N) is 2. The van der Waals surface area contributed by atoms with E-state index in [1.54, 1.807) is 0 Å². The fraction of sp³-hybridized carbons (Fsp3) is 0.562. The highest BCUT2D eigenvalue weighted by molar-refractivity contribution is 6.33. The normalized spacial score (nSPS) is 27.0. The van der Waals surface area contributed by atoms with Crippen molar-refractivity contribution in [2.24, 2.45) is 5.92 Å². The third-order valence-corrected chi connectivity index (χ3v) is 5.09. The zero-order chi connectivity index (χ0) is 14.8. The fourth-order valence-electron chi connectivity index (χ4n) is 3.67. The van der Waals surface area contributed by atoms with Gasteiger partial charge in [-0.2, -0.15) is 0 Å². The monoisotopic (exact) mass is 308 g/mol. The summed E-state index contributed by atoms with van der Waals surface area (Å²) in [5.41, 5.74) is 1.08. The molecule has 2 aliphatic rings. The molecule has 0 amide bonds. The number of anilines is 1. The van der Waals surface area contributed by atoms with Crippen molar-refractivity contribution < 1.29 is 9.90 Å². The predicted octanol–water partition coefficient (Wildman–Crippen LogP) is 2.72. The van der Waals surface area contributed by atoms with Crippen molar-refractivity contribution >= 4 is 23.3 Å². The van der Waals surface area contributed by atoms with Gasteiger partial charge in [0.25, 0.3) is 0 Å². The van der Waals surface area contributed by atoms with Crippen LogP contribution in [0.15, 0.2) is 24.3 Å².